The second-order valence-electron chi connectivity index (χ2n) is 7.07. The highest BCUT2D eigenvalue weighted by Crippen LogP contribution is 2.23. The number of rotatable bonds is 7. The molecule has 2 heterocycles. The van der Waals surface area contributed by atoms with Gasteiger partial charge in [0.1, 0.15) is 5.75 Å². The van der Waals surface area contributed by atoms with Crippen molar-refractivity contribution in [1.82, 2.24) is 15.1 Å². The predicted molar refractivity (Wildman–Crippen MR) is 109 cm³/mol. The number of para-hydroxylation sites is 1. The van der Waals surface area contributed by atoms with Gasteiger partial charge in [0.25, 0.3) is 5.56 Å². The Bertz CT molecular complexity index is 857. The van der Waals surface area contributed by atoms with Crippen LogP contribution in [0.3, 0.4) is 0 Å². The van der Waals surface area contributed by atoms with E-state index in [0.29, 0.717) is 13.1 Å². The summed E-state index contributed by atoms with van der Waals surface area (Å²) in [4.78, 5) is 26.8. The zero-order valence-electron chi connectivity index (χ0n) is 16.6. The van der Waals surface area contributed by atoms with Crippen molar-refractivity contribution in [3.8, 4) is 5.75 Å². The van der Waals surface area contributed by atoms with Crippen LogP contribution in [0.5, 0.6) is 5.75 Å². The molecule has 7 nitrogen and oxygen atoms in total. The number of aryl methyl sites for hydroxylation is 1. The molecule has 0 bridgehead atoms. The number of hydrogen-bond acceptors (Lipinski definition) is 5. The van der Waals surface area contributed by atoms with Crippen LogP contribution in [-0.4, -0.2) is 35.9 Å². The zero-order chi connectivity index (χ0) is 19.9. The molecule has 0 unspecified atom stereocenters. The number of nitrogens with one attached hydrogen (secondary N) is 1. The highest BCUT2D eigenvalue weighted by atomic mass is 16.5. The fourth-order valence-corrected chi connectivity index (χ4v) is 3.55. The summed E-state index contributed by atoms with van der Waals surface area (Å²) in [5.41, 5.74) is 1.73. The van der Waals surface area contributed by atoms with E-state index in [1.54, 1.807) is 19.4 Å². The number of ether oxygens (including phenoxy) is 1. The fourth-order valence-electron chi connectivity index (χ4n) is 3.55. The number of aromatic nitrogens is 2. The highest BCUT2D eigenvalue weighted by molar-refractivity contribution is 5.79. The molecule has 1 fully saturated rings. The van der Waals surface area contributed by atoms with Gasteiger partial charge in [-0.15, -0.1) is 0 Å². The topological polar surface area (TPSA) is 76.5 Å². The smallest absolute Gasteiger partial charge is 0.268 e. The maximum atomic E-state index is 12.5. The van der Waals surface area contributed by atoms with E-state index in [0.717, 1.165) is 49.4 Å². The average molecular weight is 384 g/mol. The maximum absolute atomic E-state index is 12.5. The van der Waals surface area contributed by atoms with Crippen LogP contribution >= 0.6 is 0 Å². The van der Waals surface area contributed by atoms with E-state index in [-0.39, 0.29) is 17.4 Å². The Morgan fingerprint density at radius 2 is 2.04 bits per heavy atom. The van der Waals surface area contributed by atoms with E-state index in [1.807, 2.05) is 31.2 Å². The number of nitrogens with zero attached hydrogens (tertiary/aromatic N) is 3. The molecule has 1 aromatic heterocycles. The number of carbonyl (C=O) groups excluding carboxylic acids is 1. The molecule has 0 radical (unpaired) electrons. The monoisotopic (exact) mass is 384 g/mol. The van der Waals surface area contributed by atoms with E-state index < -0.39 is 0 Å². The van der Waals surface area contributed by atoms with Crippen LogP contribution in [0.25, 0.3) is 0 Å². The summed E-state index contributed by atoms with van der Waals surface area (Å²) in [6.07, 6.45) is 4.15. The van der Waals surface area contributed by atoms with Gasteiger partial charge >= 0.3 is 0 Å². The molecular weight excluding hydrogens is 356 g/mol. The minimum absolute atomic E-state index is 0.0145. The quantitative estimate of drug-likeness (QED) is 0.792. The zero-order valence-corrected chi connectivity index (χ0v) is 16.6. The molecule has 28 heavy (non-hydrogen) atoms. The van der Waals surface area contributed by atoms with Crippen molar-refractivity contribution in [2.75, 3.05) is 25.1 Å². The van der Waals surface area contributed by atoms with Crippen molar-refractivity contribution in [1.29, 1.82) is 0 Å². The summed E-state index contributed by atoms with van der Waals surface area (Å²) in [6, 6.07) is 9.34. The van der Waals surface area contributed by atoms with Gasteiger partial charge < -0.3 is 15.0 Å². The van der Waals surface area contributed by atoms with Gasteiger partial charge in [0.05, 0.1) is 19.0 Å². The lowest BCUT2D eigenvalue weighted by atomic mass is 9.95. The molecule has 150 valence electrons. The molecular formula is C21H28N4O3. The van der Waals surface area contributed by atoms with Gasteiger partial charge in [0.2, 0.25) is 5.91 Å². The summed E-state index contributed by atoms with van der Waals surface area (Å²) >= 11 is 0. The average Bonchev–Trinajstić information content (AvgIpc) is 2.74. The minimum Gasteiger partial charge on any atom is -0.496 e. The Hall–Kier alpha value is -2.83. The Balaban J connectivity index is 1.52. The van der Waals surface area contributed by atoms with Crippen molar-refractivity contribution >= 4 is 11.6 Å². The number of benzene rings is 1. The number of carbonyl (C=O) groups is 1. The van der Waals surface area contributed by atoms with Gasteiger partial charge in [0, 0.05) is 43.7 Å². The molecule has 7 heteroatoms. The number of methoxy groups -OCH3 is 1. The molecule has 0 spiro atoms. The third-order valence-electron chi connectivity index (χ3n) is 5.17. The Morgan fingerprint density at radius 1 is 1.29 bits per heavy atom. The first-order valence-corrected chi connectivity index (χ1v) is 9.84. The number of hydrogen-bond donors (Lipinski definition) is 1. The van der Waals surface area contributed by atoms with E-state index >= 15 is 0 Å². The summed E-state index contributed by atoms with van der Waals surface area (Å²) < 4.78 is 6.82. The molecule has 1 aliphatic rings. The third kappa shape index (κ3) is 4.71. The van der Waals surface area contributed by atoms with Crippen molar-refractivity contribution in [3.63, 3.8) is 0 Å². The second-order valence-corrected chi connectivity index (χ2v) is 7.07. The first-order valence-electron chi connectivity index (χ1n) is 9.84. The van der Waals surface area contributed by atoms with Gasteiger partial charge in [0.15, 0.2) is 0 Å². The second kappa shape index (κ2) is 9.39. The van der Waals surface area contributed by atoms with E-state index in [9.17, 15) is 9.59 Å². The molecule has 1 N–H and O–H groups in total. The highest BCUT2D eigenvalue weighted by Gasteiger charge is 2.25. The lowest BCUT2D eigenvalue weighted by Gasteiger charge is -2.32. The van der Waals surface area contributed by atoms with Gasteiger partial charge in [-0.25, -0.2) is 4.68 Å². The third-order valence-corrected chi connectivity index (χ3v) is 5.17. The SMILES string of the molecule is CCCn1ncc(N2CCC(C(=O)NCc3ccccc3OC)CC2)cc1=O. The van der Waals surface area contributed by atoms with Gasteiger partial charge in [-0.1, -0.05) is 25.1 Å². The standard InChI is InChI=1S/C21H28N4O3/c1-3-10-25-20(26)13-18(15-23-25)24-11-8-16(9-12-24)21(27)22-14-17-6-4-5-7-19(17)28-2/h4-7,13,15-16H,3,8-12,14H2,1-2H3,(H,22,27). The van der Waals surface area contributed by atoms with Gasteiger partial charge in [-0.2, -0.15) is 5.10 Å². The van der Waals surface area contributed by atoms with Crippen LogP contribution in [0.4, 0.5) is 5.69 Å². The summed E-state index contributed by atoms with van der Waals surface area (Å²) in [7, 11) is 1.63. The van der Waals surface area contributed by atoms with Crippen LogP contribution in [0.15, 0.2) is 41.3 Å². The molecule has 1 saturated heterocycles. The lowest BCUT2D eigenvalue weighted by molar-refractivity contribution is -0.125. The van der Waals surface area contributed by atoms with Crippen molar-refractivity contribution in [3.05, 3.63) is 52.4 Å². The van der Waals surface area contributed by atoms with Crippen LogP contribution < -0.4 is 20.5 Å². The molecule has 0 atom stereocenters. The number of amides is 1. The molecule has 0 saturated carbocycles. The van der Waals surface area contributed by atoms with Gasteiger partial charge in [-0.05, 0) is 25.3 Å². The van der Waals surface area contributed by atoms with Crippen LogP contribution in [0.1, 0.15) is 31.7 Å². The molecule has 1 aromatic carbocycles. The van der Waals surface area contributed by atoms with Crippen LogP contribution in [0, 0.1) is 5.92 Å². The summed E-state index contributed by atoms with van der Waals surface area (Å²) in [6.45, 7) is 4.60. The molecule has 1 amide bonds. The van der Waals surface area contributed by atoms with Crippen LogP contribution in [-0.2, 0) is 17.9 Å². The Kier molecular flexibility index (Phi) is 6.68. The molecule has 1 aliphatic heterocycles. The van der Waals surface area contributed by atoms with Crippen molar-refractivity contribution in [2.45, 2.75) is 39.3 Å². The van der Waals surface area contributed by atoms with Crippen LogP contribution in [0.2, 0.25) is 0 Å². The first kappa shape index (κ1) is 19.9. The van der Waals surface area contributed by atoms with Crippen molar-refractivity contribution < 1.29 is 9.53 Å². The van der Waals surface area contributed by atoms with Crippen molar-refractivity contribution in [2.24, 2.45) is 5.92 Å². The lowest BCUT2D eigenvalue weighted by Crippen LogP contribution is -2.41. The molecule has 3 rings (SSSR count). The largest absolute Gasteiger partial charge is 0.496 e. The number of piperidine rings is 1. The summed E-state index contributed by atoms with van der Waals surface area (Å²) in [5.74, 6) is 0.837. The fraction of sp³-hybridized carbons (Fsp3) is 0.476. The Morgan fingerprint density at radius 3 is 2.71 bits per heavy atom. The van der Waals surface area contributed by atoms with E-state index in [2.05, 4.69) is 15.3 Å². The summed E-state index contributed by atoms with van der Waals surface area (Å²) in [5, 5.41) is 7.27. The first-order chi connectivity index (χ1) is 13.6. The Labute approximate surface area is 165 Å². The number of anilines is 1. The van der Waals surface area contributed by atoms with Gasteiger partial charge in [-0.3, -0.25) is 9.59 Å². The predicted octanol–water partition coefficient (Wildman–Crippen LogP) is 2.19. The van der Waals surface area contributed by atoms with E-state index in [4.69, 9.17) is 4.74 Å². The molecule has 0 aliphatic carbocycles. The maximum Gasteiger partial charge on any atom is 0.268 e. The van der Waals surface area contributed by atoms with E-state index in [1.165, 1.54) is 4.68 Å². The normalized spacial score (nSPS) is 14.7. The minimum atomic E-state index is -0.0731. The molecule has 2 aromatic rings.